The normalized spacial score (nSPS) is 11.4. The Hall–Kier alpha value is -4.04. The fourth-order valence-corrected chi connectivity index (χ4v) is 3.39. The van der Waals surface area contributed by atoms with Crippen LogP contribution in [0.2, 0.25) is 0 Å². The van der Waals surface area contributed by atoms with Gasteiger partial charge in [0.1, 0.15) is 17.4 Å². The lowest BCUT2D eigenvalue weighted by Crippen LogP contribution is -2.23. The number of para-hydroxylation sites is 1. The zero-order chi connectivity index (χ0) is 20.9. The van der Waals surface area contributed by atoms with E-state index in [1.54, 1.807) is 24.5 Å². The van der Waals surface area contributed by atoms with Gasteiger partial charge in [-0.2, -0.15) is 5.26 Å². The highest BCUT2D eigenvalue weighted by Crippen LogP contribution is 2.24. The van der Waals surface area contributed by atoms with Crippen LogP contribution in [0.1, 0.15) is 22.5 Å². The molecule has 148 valence electrons. The largest absolute Gasteiger partial charge is 0.467 e. The van der Waals surface area contributed by atoms with Gasteiger partial charge in [0.05, 0.1) is 12.8 Å². The maximum atomic E-state index is 12.5. The number of nitriles is 1. The number of rotatable bonds is 6. The van der Waals surface area contributed by atoms with E-state index in [1.807, 2.05) is 36.5 Å². The molecule has 0 aliphatic heterocycles. The first kappa shape index (κ1) is 19.3. The van der Waals surface area contributed by atoms with Crippen molar-refractivity contribution in [2.75, 3.05) is 0 Å². The zero-order valence-electron chi connectivity index (χ0n) is 16.6. The molecule has 1 amide bonds. The third kappa shape index (κ3) is 4.18. The molecule has 0 bridgehead atoms. The van der Waals surface area contributed by atoms with E-state index in [0.29, 0.717) is 12.3 Å². The lowest BCUT2D eigenvalue weighted by molar-refractivity contribution is -0.117. The smallest absolute Gasteiger partial charge is 0.262 e. The lowest BCUT2D eigenvalue weighted by Gasteiger charge is -2.06. The van der Waals surface area contributed by atoms with E-state index < -0.39 is 5.91 Å². The van der Waals surface area contributed by atoms with Crippen LogP contribution >= 0.6 is 0 Å². The number of hydrogen-bond acceptors (Lipinski definition) is 3. The summed E-state index contributed by atoms with van der Waals surface area (Å²) < 4.78 is 7.36. The predicted octanol–water partition coefficient (Wildman–Crippen LogP) is 4.81. The van der Waals surface area contributed by atoms with E-state index in [2.05, 4.69) is 41.1 Å². The summed E-state index contributed by atoms with van der Waals surface area (Å²) >= 11 is 0. The highest BCUT2D eigenvalue weighted by molar-refractivity contribution is 6.04. The van der Waals surface area contributed by atoms with Gasteiger partial charge in [0.25, 0.3) is 5.91 Å². The molecular formula is C25H21N3O2. The van der Waals surface area contributed by atoms with Crippen molar-refractivity contribution in [1.29, 1.82) is 5.26 Å². The minimum absolute atomic E-state index is 0.0554. The Morgan fingerprint density at radius 2 is 1.93 bits per heavy atom. The molecule has 5 nitrogen and oxygen atoms in total. The van der Waals surface area contributed by atoms with Crippen LogP contribution < -0.4 is 5.32 Å². The SMILES string of the molecule is Cc1ccc(Cn2cc(C=C(C#N)C(=O)NCc3ccco3)c3ccccc32)cc1. The van der Waals surface area contributed by atoms with Crippen molar-refractivity contribution < 1.29 is 9.21 Å². The summed E-state index contributed by atoms with van der Waals surface area (Å²) in [4.78, 5) is 12.5. The number of amides is 1. The minimum atomic E-state index is -0.427. The Kier molecular flexibility index (Phi) is 5.49. The molecule has 0 atom stereocenters. The fraction of sp³-hybridized carbons (Fsp3) is 0.120. The molecule has 2 heterocycles. The summed E-state index contributed by atoms with van der Waals surface area (Å²) in [6.45, 7) is 3.01. The van der Waals surface area contributed by atoms with Crippen LogP contribution in [0.25, 0.3) is 17.0 Å². The van der Waals surface area contributed by atoms with E-state index in [9.17, 15) is 10.1 Å². The standard InChI is InChI=1S/C25H21N3O2/c1-18-8-10-19(11-9-18)16-28-17-21(23-6-2-3-7-24(23)28)13-20(14-26)25(29)27-15-22-5-4-12-30-22/h2-13,17H,15-16H2,1H3,(H,27,29). The number of aromatic nitrogens is 1. The molecule has 4 aromatic rings. The van der Waals surface area contributed by atoms with E-state index >= 15 is 0 Å². The number of furan rings is 1. The van der Waals surface area contributed by atoms with Crippen molar-refractivity contribution >= 4 is 22.9 Å². The maximum absolute atomic E-state index is 12.5. The molecule has 0 radical (unpaired) electrons. The van der Waals surface area contributed by atoms with Crippen molar-refractivity contribution in [2.24, 2.45) is 0 Å². The van der Waals surface area contributed by atoms with Crippen LogP contribution in [-0.4, -0.2) is 10.5 Å². The summed E-state index contributed by atoms with van der Waals surface area (Å²) in [5.41, 5.74) is 4.35. The molecule has 0 saturated heterocycles. The van der Waals surface area contributed by atoms with Gasteiger partial charge in [0.15, 0.2) is 0 Å². The summed E-state index contributed by atoms with van der Waals surface area (Å²) in [6, 6.07) is 22.0. The topological polar surface area (TPSA) is 71.0 Å². The van der Waals surface area contributed by atoms with Gasteiger partial charge >= 0.3 is 0 Å². The Morgan fingerprint density at radius 1 is 1.13 bits per heavy atom. The van der Waals surface area contributed by atoms with E-state index in [-0.39, 0.29) is 12.1 Å². The van der Waals surface area contributed by atoms with Gasteiger partial charge in [-0.25, -0.2) is 0 Å². The zero-order valence-corrected chi connectivity index (χ0v) is 16.6. The van der Waals surface area contributed by atoms with Crippen LogP contribution in [0.5, 0.6) is 0 Å². The first-order chi connectivity index (χ1) is 14.6. The highest BCUT2D eigenvalue weighted by atomic mass is 16.3. The van der Waals surface area contributed by atoms with Crippen LogP contribution in [0.4, 0.5) is 0 Å². The first-order valence-electron chi connectivity index (χ1n) is 9.70. The highest BCUT2D eigenvalue weighted by Gasteiger charge is 2.13. The maximum Gasteiger partial charge on any atom is 0.262 e. The van der Waals surface area contributed by atoms with Crippen molar-refractivity contribution in [3.8, 4) is 6.07 Å². The molecule has 30 heavy (non-hydrogen) atoms. The number of aryl methyl sites for hydroxylation is 1. The van der Waals surface area contributed by atoms with Gasteiger partial charge in [-0.3, -0.25) is 4.79 Å². The number of nitrogens with one attached hydrogen (secondary N) is 1. The van der Waals surface area contributed by atoms with E-state index in [1.165, 1.54) is 11.1 Å². The Labute approximate surface area is 174 Å². The molecule has 4 rings (SSSR count). The van der Waals surface area contributed by atoms with Gasteiger partial charge < -0.3 is 14.3 Å². The molecule has 0 spiro atoms. The van der Waals surface area contributed by atoms with Crippen LogP contribution in [0, 0.1) is 18.3 Å². The molecule has 0 aliphatic carbocycles. The molecule has 2 aromatic carbocycles. The number of benzene rings is 2. The van der Waals surface area contributed by atoms with Crippen LogP contribution in [0.15, 0.2) is 83.1 Å². The van der Waals surface area contributed by atoms with E-state index in [0.717, 1.165) is 16.5 Å². The Morgan fingerprint density at radius 3 is 2.67 bits per heavy atom. The Bertz CT molecular complexity index is 1240. The third-order valence-electron chi connectivity index (χ3n) is 4.96. The van der Waals surface area contributed by atoms with Gasteiger partial charge in [-0.15, -0.1) is 0 Å². The fourth-order valence-electron chi connectivity index (χ4n) is 3.39. The summed E-state index contributed by atoms with van der Waals surface area (Å²) in [6.07, 6.45) is 5.18. The van der Waals surface area contributed by atoms with Crippen molar-refractivity contribution in [3.63, 3.8) is 0 Å². The van der Waals surface area contributed by atoms with Gasteiger partial charge in [0.2, 0.25) is 0 Å². The second-order valence-corrected chi connectivity index (χ2v) is 7.15. The molecule has 0 saturated carbocycles. The monoisotopic (exact) mass is 395 g/mol. The van der Waals surface area contributed by atoms with Gasteiger partial charge in [-0.05, 0) is 36.8 Å². The number of carbonyl (C=O) groups is 1. The number of hydrogen-bond donors (Lipinski definition) is 1. The van der Waals surface area contributed by atoms with Crippen molar-refractivity contribution in [1.82, 2.24) is 9.88 Å². The van der Waals surface area contributed by atoms with Crippen LogP contribution in [-0.2, 0) is 17.9 Å². The number of carbonyl (C=O) groups excluding carboxylic acids is 1. The molecule has 0 unspecified atom stereocenters. The van der Waals surface area contributed by atoms with Gasteiger partial charge in [-0.1, -0.05) is 48.0 Å². The first-order valence-corrected chi connectivity index (χ1v) is 9.70. The molecule has 0 fully saturated rings. The summed E-state index contributed by atoms with van der Waals surface area (Å²) in [5, 5.41) is 13.3. The van der Waals surface area contributed by atoms with Gasteiger partial charge in [0, 0.05) is 29.2 Å². The Balaban J connectivity index is 1.63. The van der Waals surface area contributed by atoms with Crippen molar-refractivity contribution in [2.45, 2.75) is 20.0 Å². The van der Waals surface area contributed by atoms with Crippen LogP contribution in [0.3, 0.4) is 0 Å². The summed E-state index contributed by atoms with van der Waals surface area (Å²) in [7, 11) is 0. The quantitative estimate of drug-likeness (QED) is 0.376. The molecular weight excluding hydrogens is 374 g/mol. The molecule has 1 N–H and O–H groups in total. The predicted molar refractivity (Wildman–Crippen MR) is 116 cm³/mol. The average Bonchev–Trinajstić information content (AvgIpc) is 3.40. The van der Waals surface area contributed by atoms with E-state index in [4.69, 9.17) is 4.42 Å². The minimum Gasteiger partial charge on any atom is -0.467 e. The lowest BCUT2D eigenvalue weighted by atomic mass is 10.1. The second kappa shape index (κ2) is 8.54. The number of nitrogens with zero attached hydrogens (tertiary/aromatic N) is 2. The molecule has 2 aromatic heterocycles. The molecule has 0 aliphatic rings. The van der Waals surface area contributed by atoms with Crippen molar-refractivity contribution in [3.05, 3.63) is 101 Å². The summed E-state index contributed by atoms with van der Waals surface area (Å²) in [5.74, 6) is 0.208. The molecule has 5 heteroatoms. The third-order valence-corrected chi connectivity index (χ3v) is 4.96. The second-order valence-electron chi connectivity index (χ2n) is 7.15. The number of fused-ring (bicyclic) bond motifs is 1. The average molecular weight is 395 g/mol.